The topological polar surface area (TPSA) is 87.0 Å². The van der Waals surface area contributed by atoms with Crippen molar-refractivity contribution in [2.24, 2.45) is 0 Å². The predicted octanol–water partition coefficient (Wildman–Crippen LogP) is 0.988. The van der Waals surface area contributed by atoms with E-state index in [0.29, 0.717) is 17.8 Å². The van der Waals surface area contributed by atoms with E-state index in [9.17, 15) is 4.79 Å². The van der Waals surface area contributed by atoms with Crippen LogP contribution in [0.3, 0.4) is 0 Å². The van der Waals surface area contributed by atoms with Crippen LogP contribution in [0.4, 0.5) is 11.4 Å². The number of nitrogens with two attached hydrogens (primary N) is 1. The molecule has 0 saturated heterocycles. The molecule has 2 aromatic rings. The summed E-state index contributed by atoms with van der Waals surface area (Å²) in [4.78, 5) is 13.9. The lowest BCUT2D eigenvalue weighted by atomic mass is 10.1. The third kappa shape index (κ3) is 3.04. The molecule has 1 aromatic heterocycles. The van der Waals surface area contributed by atoms with Crippen molar-refractivity contribution >= 4 is 17.3 Å². The summed E-state index contributed by atoms with van der Waals surface area (Å²) in [5.41, 5.74) is 8.79. The summed E-state index contributed by atoms with van der Waals surface area (Å²) >= 11 is 0. The highest BCUT2D eigenvalue weighted by Crippen LogP contribution is 2.22. The van der Waals surface area contributed by atoms with Crippen molar-refractivity contribution in [1.29, 1.82) is 0 Å². The Morgan fingerprint density at radius 3 is 2.79 bits per heavy atom. The van der Waals surface area contributed by atoms with Gasteiger partial charge in [-0.3, -0.25) is 9.89 Å². The van der Waals surface area contributed by atoms with Gasteiger partial charge in [-0.15, -0.1) is 0 Å². The molecule has 0 spiro atoms. The van der Waals surface area contributed by atoms with Crippen LogP contribution in [-0.2, 0) is 6.54 Å². The Bertz CT molecular complexity index is 562. The van der Waals surface area contributed by atoms with E-state index in [1.54, 1.807) is 18.3 Å². The zero-order chi connectivity index (χ0) is 13.8. The number of aromatic amines is 1. The Balaban J connectivity index is 2.05. The molecule has 0 radical (unpaired) electrons. The van der Waals surface area contributed by atoms with E-state index in [4.69, 9.17) is 5.73 Å². The number of H-pyrrole nitrogens is 1. The summed E-state index contributed by atoms with van der Waals surface area (Å²) < 4.78 is 0. The summed E-state index contributed by atoms with van der Waals surface area (Å²) in [5, 5.41) is 9.40. The molecule has 1 aromatic carbocycles. The number of hydrogen-bond donors (Lipinski definition) is 3. The van der Waals surface area contributed by atoms with E-state index in [-0.39, 0.29) is 5.91 Å². The smallest absolute Gasteiger partial charge is 0.251 e. The number of amides is 1. The quantitative estimate of drug-likeness (QED) is 0.714. The first-order valence-electron chi connectivity index (χ1n) is 5.91. The zero-order valence-corrected chi connectivity index (χ0v) is 11.0. The molecule has 1 heterocycles. The number of benzene rings is 1. The van der Waals surface area contributed by atoms with Crippen molar-refractivity contribution in [2.75, 3.05) is 24.7 Å². The van der Waals surface area contributed by atoms with Crippen LogP contribution in [-0.4, -0.2) is 30.2 Å². The number of anilines is 2. The van der Waals surface area contributed by atoms with Gasteiger partial charge in [-0.1, -0.05) is 0 Å². The Hall–Kier alpha value is -2.50. The lowest BCUT2D eigenvalue weighted by Gasteiger charge is -2.15. The van der Waals surface area contributed by atoms with Gasteiger partial charge in [-0.25, -0.2) is 0 Å². The second kappa shape index (κ2) is 5.43. The molecule has 4 N–H and O–H groups in total. The molecule has 6 nitrogen and oxygen atoms in total. The third-order valence-electron chi connectivity index (χ3n) is 2.77. The monoisotopic (exact) mass is 259 g/mol. The van der Waals surface area contributed by atoms with Gasteiger partial charge in [-0.05, 0) is 24.3 Å². The molecular formula is C13H17N5O. The molecule has 0 atom stereocenters. The Morgan fingerprint density at radius 2 is 2.21 bits per heavy atom. The highest BCUT2D eigenvalue weighted by molar-refractivity contribution is 5.96. The normalized spacial score (nSPS) is 10.2. The van der Waals surface area contributed by atoms with Gasteiger partial charge in [0.1, 0.15) is 0 Å². The number of nitrogen functional groups attached to an aromatic ring is 1. The van der Waals surface area contributed by atoms with E-state index >= 15 is 0 Å². The first-order chi connectivity index (χ1) is 9.08. The molecule has 100 valence electrons. The lowest BCUT2D eigenvalue weighted by molar-refractivity contribution is 0.0950. The number of rotatable bonds is 4. The molecule has 0 saturated carbocycles. The van der Waals surface area contributed by atoms with Gasteiger partial charge in [0.15, 0.2) is 0 Å². The molecule has 0 unspecified atom stereocenters. The Morgan fingerprint density at radius 1 is 1.42 bits per heavy atom. The molecule has 1 amide bonds. The van der Waals surface area contributed by atoms with E-state index in [0.717, 1.165) is 11.4 Å². The van der Waals surface area contributed by atoms with E-state index in [1.807, 2.05) is 31.1 Å². The number of nitrogens with zero attached hydrogens (tertiary/aromatic N) is 2. The Kier molecular flexibility index (Phi) is 3.70. The van der Waals surface area contributed by atoms with Crippen LogP contribution in [0, 0.1) is 0 Å². The minimum absolute atomic E-state index is 0.161. The number of carbonyl (C=O) groups excluding carboxylic acids is 1. The van der Waals surface area contributed by atoms with E-state index in [1.165, 1.54) is 0 Å². The fourth-order valence-corrected chi connectivity index (χ4v) is 1.76. The van der Waals surface area contributed by atoms with Crippen molar-refractivity contribution < 1.29 is 4.79 Å². The van der Waals surface area contributed by atoms with Crippen LogP contribution in [0.5, 0.6) is 0 Å². The first-order valence-corrected chi connectivity index (χ1v) is 5.91. The molecule has 0 aliphatic rings. The van der Waals surface area contributed by atoms with Crippen LogP contribution >= 0.6 is 0 Å². The van der Waals surface area contributed by atoms with Crippen molar-refractivity contribution in [3.63, 3.8) is 0 Å². The average molecular weight is 259 g/mol. The van der Waals surface area contributed by atoms with Gasteiger partial charge >= 0.3 is 0 Å². The van der Waals surface area contributed by atoms with E-state index in [2.05, 4.69) is 15.5 Å². The minimum Gasteiger partial charge on any atom is -0.397 e. The van der Waals surface area contributed by atoms with Gasteiger partial charge in [0.2, 0.25) is 0 Å². The standard InChI is InChI=1S/C13H17N5O/c1-18(2)12-4-3-9(7-11(12)14)13(19)15-8-10-5-6-16-17-10/h3-7H,8,14H2,1-2H3,(H,15,19)(H,16,17). The molecule has 19 heavy (non-hydrogen) atoms. The SMILES string of the molecule is CN(C)c1ccc(C(=O)NCc2ccn[nH]2)cc1N. The maximum Gasteiger partial charge on any atom is 0.251 e. The van der Waals surface area contributed by atoms with Crippen LogP contribution in [0.1, 0.15) is 16.1 Å². The van der Waals surface area contributed by atoms with Gasteiger partial charge in [0, 0.05) is 25.9 Å². The predicted molar refractivity (Wildman–Crippen MR) is 74.9 cm³/mol. The minimum atomic E-state index is -0.161. The van der Waals surface area contributed by atoms with Crippen molar-refractivity contribution in [3.05, 3.63) is 41.7 Å². The van der Waals surface area contributed by atoms with Gasteiger partial charge in [0.05, 0.1) is 23.6 Å². The highest BCUT2D eigenvalue weighted by Gasteiger charge is 2.09. The summed E-state index contributed by atoms with van der Waals surface area (Å²) in [7, 11) is 3.81. The van der Waals surface area contributed by atoms with Crippen LogP contribution in [0.15, 0.2) is 30.5 Å². The third-order valence-corrected chi connectivity index (χ3v) is 2.77. The maximum atomic E-state index is 12.0. The van der Waals surface area contributed by atoms with E-state index < -0.39 is 0 Å². The van der Waals surface area contributed by atoms with Gasteiger partial charge in [0.25, 0.3) is 5.91 Å². The molecular weight excluding hydrogens is 242 g/mol. The zero-order valence-electron chi connectivity index (χ0n) is 11.0. The molecule has 0 fully saturated rings. The average Bonchev–Trinajstić information content (AvgIpc) is 2.88. The molecule has 0 bridgehead atoms. The number of carbonyl (C=O) groups is 1. The fraction of sp³-hybridized carbons (Fsp3) is 0.231. The van der Waals surface area contributed by atoms with Crippen molar-refractivity contribution in [2.45, 2.75) is 6.54 Å². The fourth-order valence-electron chi connectivity index (χ4n) is 1.76. The number of nitrogens with one attached hydrogen (secondary N) is 2. The molecule has 0 aliphatic carbocycles. The number of hydrogen-bond acceptors (Lipinski definition) is 4. The van der Waals surface area contributed by atoms with Crippen LogP contribution in [0.25, 0.3) is 0 Å². The van der Waals surface area contributed by atoms with Gasteiger partial charge in [-0.2, -0.15) is 5.10 Å². The molecule has 0 aliphatic heterocycles. The Labute approximate surface area is 111 Å². The second-order valence-electron chi connectivity index (χ2n) is 4.43. The van der Waals surface area contributed by atoms with Crippen LogP contribution < -0.4 is 16.0 Å². The first kappa shape index (κ1) is 12.9. The summed E-state index contributed by atoms with van der Waals surface area (Å²) in [5.74, 6) is -0.161. The number of aromatic nitrogens is 2. The summed E-state index contributed by atoms with van der Waals surface area (Å²) in [6.45, 7) is 0.411. The second-order valence-corrected chi connectivity index (χ2v) is 4.43. The van der Waals surface area contributed by atoms with Gasteiger partial charge < -0.3 is 16.0 Å². The summed E-state index contributed by atoms with van der Waals surface area (Å²) in [6, 6.07) is 7.08. The largest absolute Gasteiger partial charge is 0.397 e. The molecule has 2 rings (SSSR count). The van der Waals surface area contributed by atoms with Crippen LogP contribution in [0.2, 0.25) is 0 Å². The lowest BCUT2D eigenvalue weighted by Crippen LogP contribution is -2.23. The molecule has 6 heteroatoms. The van der Waals surface area contributed by atoms with Crippen molar-refractivity contribution in [3.8, 4) is 0 Å². The summed E-state index contributed by atoms with van der Waals surface area (Å²) in [6.07, 6.45) is 1.64. The maximum absolute atomic E-state index is 12.0. The van der Waals surface area contributed by atoms with Crippen molar-refractivity contribution in [1.82, 2.24) is 15.5 Å². The highest BCUT2D eigenvalue weighted by atomic mass is 16.1.